The predicted molar refractivity (Wildman–Crippen MR) is 59.7 cm³/mol. The van der Waals surface area contributed by atoms with Crippen LogP contribution in [-0.4, -0.2) is 11.2 Å². The SMILES string of the molecule is C#CCC(O)C1C(=C)CCCC1(C)C. The van der Waals surface area contributed by atoms with E-state index in [4.69, 9.17) is 6.42 Å². The van der Waals surface area contributed by atoms with Crippen molar-refractivity contribution in [3.8, 4) is 12.3 Å². The Bertz CT molecular complexity index is 257. The maximum absolute atomic E-state index is 9.98. The van der Waals surface area contributed by atoms with Crippen molar-refractivity contribution in [2.24, 2.45) is 11.3 Å². The molecule has 2 atom stereocenters. The first-order valence-corrected chi connectivity index (χ1v) is 5.28. The largest absolute Gasteiger partial charge is 0.391 e. The third kappa shape index (κ3) is 2.19. The summed E-state index contributed by atoms with van der Waals surface area (Å²) in [5.74, 6) is 2.71. The second-order valence-corrected chi connectivity index (χ2v) is 4.95. The van der Waals surface area contributed by atoms with Gasteiger partial charge in [0.2, 0.25) is 0 Å². The summed E-state index contributed by atoms with van der Waals surface area (Å²) in [5, 5.41) is 9.98. The molecule has 0 aromatic rings. The van der Waals surface area contributed by atoms with E-state index in [9.17, 15) is 5.11 Å². The Balaban J connectivity index is 2.80. The average Bonchev–Trinajstić information content (AvgIpc) is 2.02. The van der Waals surface area contributed by atoms with Crippen molar-refractivity contribution in [2.45, 2.75) is 45.6 Å². The summed E-state index contributed by atoms with van der Waals surface area (Å²) in [5.41, 5.74) is 1.31. The molecule has 0 radical (unpaired) electrons. The van der Waals surface area contributed by atoms with Crippen LogP contribution in [0.2, 0.25) is 0 Å². The molecule has 1 saturated carbocycles. The zero-order chi connectivity index (χ0) is 10.8. The van der Waals surface area contributed by atoms with Crippen LogP contribution in [0.25, 0.3) is 0 Å². The van der Waals surface area contributed by atoms with E-state index >= 15 is 0 Å². The van der Waals surface area contributed by atoms with E-state index in [-0.39, 0.29) is 11.3 Å². The molecule has 1 N–H and O–H groups in total. The number of hydrogen-bond donors (Lipinski definition) is 1. The van der Waals surface area contributed by atoms with Crippen LogP contribution in [0.1, 0.15) is 39.5 Å². The molecule has 0 aliphatic heterocycles. The zero-order valence-corrected chi connectivity index (χ0v) is 9.21. The van der Waals surface area contributed by atoms with Gasteiger partial charge in [0.05, 0.1) is 6.10 Å². The summed E-state index contributed by atoms with van der Waals surface area (Å²) in [6.45, 7) is 8.46. The first-order chi connectivity index (χ1) is 6.49. The summed E-state index contributed by atoms with van der Waals surface area (Å²) in [6, 6.07) is 0. The van der Waals surface area contributed by atoms with E-state index in [2.05, 4.69) is 26.3 Å². The minimum absolute atomic E-state index is 0.144. The Morgan fingerprint density at radius 2 is 2.36 bits per heavy atom. The normalized spacial score (nSPS) is 28.1. The summed E-state index contributed by atoms with van der Waals surface area (Å²) in [6.07, 6.45) is 8.63. The van der Waals surface area contributed by atoms with Crippen molar-refractivity contribution in [1.82, 2.24) is 0 Å². The molecule has 0 amide bonds. The van der Waals surface area contributed by atoms with Gasteiger partial charge in [0, 0.05) is 12.3 Å². The van der Waals surface area contributed by atoms with E-state index in [0.29, 0.717) is 6.42 Å². The van der Waals surface area contributed by atoms with Crippen LogP contribution in [0.4, 0.5) is 0 Å². The van der Waals surface area contributed by atoms with Gasteiger partial charge in [-0.05, 0) is 24.7 Å². The van der Waals surface area contributed by atoms with E-state index in [0.717, 1.165) is 12.8 Å². The monoisotopic (exact) mass is 192 g/mol. The van der Waals surface area contributed by atoms with Crippen LogP contribution in [0.3, 0.4) is 0 Å². The lowest BCUT2D eigenvalue weighted by Gasteiger charge is -2.42. The Morgan fingerprint density at radius 1 is 1.71 bits per heavy atom. The third-order valence-corrected chi connectivity index (χ3v) is 3.31. The van der Waals surface area contributed by atoms with Crippen LogP contribution in [0.5, 0.6) is 0 Å². The second-order valence-electron chi connectivity index (χ2n) is 4.95. The number of aliphatic hydroxyl groups is 1. The van der Waals surface area contributed by atoms with Crippen LogP contribution in [0, 0.1) is 23.7 Å². The molecule has 1 fully saturated rings. The molecule has 0 aromatic heterocycles. The molecule has 1 nitrogen and oxygen atoms in total. The first-order valence-electron chi connectivity index (χ1n) is 5.28. The van der Waals surface area contributed by atoms with Gasteiger partial charge in [-0.15, -0.1) is 12.3 Å². The molecule has 2 unspecified atom stereocenters. The lowest BCUT2D eigenvalue weighted by Crippen LogP contribution is -2.38. The van der Waals surface area contributed by atoms with Gasteiger partial charge in [-0.3, -0.25) is 0 Å². The molecule has 0 saturated heterocycles. The smallest absolute Gasteiger partial charge is 0.0719 e. The lowest BCUT2D eigenvalue weighted by molar-refractivity contribution is 0.0409. The molecule has 1 heteroatoms. The second kappa shape index (κ2) is 4.19. The van der Waals surface area contributed by atoms with Crippen molar-refractivity contribution in [2.75, 3.05) is 0 Å². The predicted octanol–water partition coefficient (Wildman–Crippen LogP) is 2.75. The van der Waals surface area contributed by atoms with Crippen molar-refractivity contribution in [3.05, 3.63) is 12.2 Å². The van der Waals surface area contributed by atoms with Gasteiger partial charge in [0.25, 0.3) is 0 Å². The molecule has 0 aromatic carbocycles. The first kappa shape index (κ1) is 11.3. The van der Waals surface area contributed by atoms with Crippen LogP contribution in [0.15, 0.2) is 12.2 Å². The van der Waals surface area contributed by atoms with Gasteiger partial charge in [-0.1, -0.05) is 26.0 Å². The van der Waals surface area contributed by atoms with Crippen LogP contribution < -0.4 is 0 Å². The number of terminal acetylenes is 1. The van der Waals surface area contributed by atoms with Crippen molar-refractivity contribution in [1.29, 1.82) is 0 Å². The molecular formula is C13H20O. The zero-order valence-electron chi connectivity index (χ0n) is 9.21. The molecule has 0 heterocycles. The summed E-state index contributed by atoms with van der Waals surface area (Å²) in [7, 11) is 0. The fourth-order valence-electron chi connectivity index (χ4n) is 2.67. The van der Waals surface area contributed by atoms with Crippen molar-refractivity contribution in [3.63, 3.8) is 0 Å². The summed E-state index contributed by atoms with van der Waals surface area (Å²) < 4.78 is 0. The Hall–Kier alpha value is -0.740. The molecule has 0 bridgehead atoms. The van der Waals surface area contributed by atoms with Gasteiger partial charge in [-0.25, -0.2) is 0 Å². The number of rotatable bonds is 2. The Kier molecular flexibility index (Phi) is 3.39. The summed E-state index contributed by atoms with van der Waals surface area (Å²) >= 11 is 0. The fraction of sp³-hybridized carbons (Fsp3) is 0.692. The molecule has 1 aliphatic rings. The summed E-state index contributed by atoms with van der Waals surface area (Å²) in [4.78, 5) is 0. The maximum Gasteiger partial charge on any atom is 0.0719 e. The van der Waals surface area contributed by atoms with E-state index in [1.54, 1.807) is 0 Å². The minimum atomic E-state index is -0.414. The molecule has 1 aliphatic carbocycles. The van der Waals surface area contributed by atoms with E-state index in [1.807, 2.05) is 0 Å². The fourth-order valence-corrected chi connectivity index (χ4v) is 2.67. The van der Waals surface area contributed by atoms with Crippen molar-refractivity contribution >= 4 is 0 Å². The number of aliphatic hydroxyl groups excluding tert-OH is 1. The van der Waals surface area contributed by atoms with E-state index < -0.39 is 6.10 Å². The molecule has 1 rings (SSSR count). The van der Waals surface area contributed by atoms with E-state index in [1.165, 1.54) is 12.0 Å². The van der Waals surface area contributed by atoms with Crippen LogP contribution in [-0.2, 0) is 0 Å². The highest BCUT2D eigenvalue weighted by Crippen LogP contribution is 2.45. The Labute approximate surface area is 87.2 Å². The quantitative estimate of drug-likeness (QED) is 0.527. The van der Waals surface area contributed by atoms with Gasteiger partial charge in [0.1, 0.15) is 0 Å². The van der Waals surface area contributed by atoms with Gasteiger partial charge < -0.3 is 5.11 Å². The highest BCUT2D eigenvalue weighted by molar-refractivity contribution is 5.13. The average molecular weight is 192 g/mol. The maximum atomic E-state index is 9.98. The Morgan fingerprint density at radius 3 is 2.86 bits per heavy atom. The number of hydrogen-bond acceptors (Lipinski definition) is 1. The third-order valence-electron chi connectivity index (χ3n) is 3.31. The molecule has 14 heavy (non-hydrogen) atoms. The van der Waals surface area contributed by atoms with Crippen LogP contribution >= 0.6 is 0 Å². The van der Waals surface area contributed by atoms with Gasteiger partial charge >= 0.3 is 0 Å². The molecule has 78 valence electrons. The lowest BCUT2D eigenvalue weighted by atomic mass is 9.64. The standard InChI is InChI=1S/C13H20O/c1-5-7-11(14)12-10(2)8-6-9-13(12,3)4/h1,11-12,14H,2,6-9H2,3-4H3. The van der Waals surface area contributed by atoms with Gasteiger partial charge in [-0.2, -0.15) is 0 Å². The topological polar surface area (TPSA) is 20.2 Å². The molecule has 0 spiro atoms. The highest BCUT2D eigenvalue weighted by atomic mass is 16.3. The highest BCUT2D eigenvalue weighted by Gasteiger charge is 2.38. The minimum Gasteiger partial charge on any atom is -0.391 e. The molecular weight excluding hydrogens is 172 g/mol. The van der Waals surface area contributed by atoms with Crippen molar-refractivity contribution < 1.29 is 5.11 Å². The van der Waals surface area contributed by atoms with Gasteiger partial charge in [0.15, 0.2) is 0 Å².